The molecule has 0 saturated heterocycles. The third-order valence-electron chi connectivity index (χ3n) is 2.57. The van der Waals surface area contributed by atoms with Crippen molar-refractivity contribution < 1.29 is 4.42 Å². The van der Waals surface area contributed by atoms with Crippen molar-refractivity contribution >= 4 is 11.8 Å². The molecule has 0 aliphatic heterocycles. The number of thioether (sulfide) groups is 1. The van der Waals surface area contributed by atoms with Gasteiger partial charge < -0.3 is 8.98 Å². The first kappa shape index (κ1) is 12.0. The largest absolute Gasteiger partial charge is 0.411 e. The molecule has 0 aliphatic rings. The van der Waals surface area contributed by atoms with Gasteiger partial charge >= 0.3 is 0 Å². The second kappa shape index (κ2) is 5.71. The molecule has 0 spiro atoms. The molecule has 0 fully saturated rings. The first-order valence-corrected chi connectivity index (χ1v) is 6.88. The first-order chi connectivity index (χ1) is 9.42. The van der Waals surface area contributed by atoms with Crippen molar-refractivity contribution in [1.82, 2.24) is 19.7 Å². The predicted octanol–water partition coefficient (Wildman–Crippen LogP) is 2.73. The summed E-state index contributed by atoms with van der Waals surface area (Å²) >= 11 is 1.56. The van der Waals surface area contributed by atoms with E-state index in [1.54, 1.807) is 24.2 Å². The van der Waals surface area contributed by atoms with E-state index in [0.717, 1.165) is 17.9 Å². The molecule has 3 rings (SSSR count). The summed E-state index contributed by atoms with van der Waals surface area (Å²) in [5, 5.41) is 8.65. The summed E-state index contributed by atoms with van der Waals surface area (Å²) in [6.45, 7) is 0.921. The number of aryl methyl sites for hydroxylation is 1. The number of rotatable bonds is 5. The zero-order chi connectivity index (χ0) is 12.9. The van der Waals surface area contributed by atoms with Gasteiger partial charge in [0.05, 0.1) is 0 Å². The summed E-state index contributed by atoms with van der Waals surface area (Å²) in [6, 6.07) is 7.72. The van der Waals surface area contributed by atoms with Crippen molar-refractivity contribution in [2.75, 3.05) is 5.75 Å². The molecule has 0 N–H and O–H groups in total. The summed E-state index contributed by atoms with van der Waals surface area (Å²) in [6.07, 6.45) is 7.49. The fraction of sp³-hybridized carbons (Fsp3) is 0.154. The Labute approximate surface area is 114 Å². The quantitative estimate of drug-likeness (QED) is 0.668. The average Bonchev–Trinajstić information content (AvgIpc) is 3.11. The van der Waals surface area contributed by atoms with E-state index in [9.17, 15) is 0 Å². The van der Waals surface area contributed by atoms with Gasteiger partial charge in [-0.15, -0.1) is 10.2 Å². The molecule has 5 nitrogen and oxygen atoms in total. The van der Waals surface area contributed by atoms with Crippen molar-refractivity contribution in [3.63, 3.8) is 0 Å². The summed E-state index contributed by atoms with van der Waals surface area (Å²) in [5.41, 5.74) is 0.889. The summed E-state index contributed by atoms with van der Waals surface area (Å²) in [4.78, 5) is 3.96. The van der Waals surface area contributed by atoms with E-state index < -0.39 is 0 Å². The van der Waals surface area contributed by atoms with E-state index in [4.69, 9.17) is 4.42 Å². The lowest BCUT2D eigenvalue weighted by molar-refractivity contribution is 0.465. The number of hydrogen-bond acceptors (Lipinski definition) is 5. The van der Waals surface area contributed by atoms with E-state index >= 15 is 0 Å². The molecule has 6 heteroatoms. The van der Waals surface area contributed by atoms with Gasteiger partial charge in [0.25, 0.3) is 5.22 Å². The van der Waals surface area contributed by atoms with Crippen LogP contribution in [0.1, 0.15) is 0 Å². The molecule has 0 saturated carbocycles. The van der Waals surface area contributed by atoms with Crippen molar-refractivity contribution in [1.29, 1.82) is 0 Å². The molecule has 0 aromatic carbocycles. The summed E-state index contributed by atoms with van der Waals surface area (Å²) in [5.74, 6) is 1.43. The Balaban J connectivity index is 1.59. The highest BCUT2D eigenvalue weighted by molar-refractivity contribution is 7.99. The normalized spacial score (nSPS) is 10.7. The Morgan fingerprint density at radius 1 is 1.11 bits per heavy atom. The van der Waals surface area contributed by atoms with Crippen LogP contribution in [0.3, 0.4) is 0 Å². The minimum Gasteiger partial charge on any atom is -0.411 e. The highest BCUT2D eigenvalue weighted by Crippen LogP contribution is 2.22. The molecular weight excluding hydrogens is 260 g/mol. The topological polar surface area (TPSA) is 56.7 Å². The maximum atomic E-state index is 5.59. The van der Waals surface area contributed by atoms with Gasteiger partial charge in [0.2, 0.25) is 5.89 Å². The van der Waals surface area contributed by atoms with Crippen molar-refractivity contribution in [2.24, 2.45) is 0 Å². The van der Waals surface area contributed by atoms with Gasteiger partial charge in [-0.05, 0) is 24.3 Å². The molecule has 96 valence electrons. The number of nitrogens with zero attached hydrogens (tertiary/aromatic N) is 4. The van der Waals surface area contributed by atoms with Gasteiger partial charge in [-0.2, -0.15) is 0 Å². The van der Waals surface area contributed by atoms with E-state index in [2.05, 4.69) is 19.7 Å². The molecule has 0 unspecified atom stereocenters. The molecule has 0 atom stereocenters. The predicted molar refractivity (Wildman–Crippen MR) is 72.7 cm³/mol. The van der Waals surface area contributed by atoms with Crippen LogP contribution in [0.4, 0.5) is 0 Å². The van der Waals surface area contributed by atoms with Gasteiger partial charge in [0.15, 0.2) is 0 Å². The van der Waals surface area contributed by atoms with Crippen LogP contribution in [0.25, 0.3) is 11.5 Å². The van der Waals surface area contributed by atoms with Crippen LogP contribution in [0.5, 0.6) is 0 Å². The van der Waals surface area contributed by atoms with E-state index in [1.807, 2.05) is 36.7 Å². The Morgan fingerprint density at radius 3 is 2.68 bits per heavy atom. The van der Waals surface area contributed by atoms with E-state index in [-0.39, 0.29) is 0 Å². The van der Waals surface area contributed by atoms with Crippen LogP contribution in [-0.4, -0.2) is 25.5 Å². The highest BCUT2D eigenvalue weighted by atomic mass is 32.2. The maximum absolute atomic E-state index is 5.59. The fourth-order valence-corrected chi connectivity index (χ4v) is 2.35. The molecule has 3 heterocycles. The SMILES string of the molecule is c1ccn(CCSc2nnc(-c3ccncc3)o2)c1. The lowest BCUT2D eigenvalue weighted by Crippen LogP contribution is -1.96. The van der Waals surface area contributed by atoms with Crippen LogP contribution in [0.2, 0.25) is 0 Å². The molecule has 19 heavy (non-hydrogen) atoms. The van der Waals surface area contributed by atoms with Crippen LogP contribution in [0.15, 0.2) is 58.7 Å². The van der Waals surface area contributed by atoms with Crippen molar-refractivity contribution in [3.05, 3.63) is 49.1 Å². The smallest absolute Gasteiger partial charge is 0.276 e. The molecule has 3 aromatic heterocycles. The molecule has 0 amide bonds. The minimum atomic E-state index is 0.533. The average molecular weight is 272 g/mol. The van der Waals surface area contributed by atoms with Crippen LogP contribution in [0, 0.1) is 0 Å². The van der Waals surface area contributed by atoms with Crippen molar-refractivity contribution in [3.8, 4) is 11.5 Å². The Hall–Kier alpha value is -2.08. The molecule has 0 aliphatic carbocycles. The van der Waals surface area contributed by atoms with Crippen LogP contribution >= 0.6 is 11.8 Å². The molecular formula is C13H12N4OS. The Bertz CT molecular complexity index is 621. The standard InChI is InChI=1S/C13H12N4OS/c1-2-8-17(7-1)9-10-19-13-16-15-12(18-13)11-3-5-14-6-4-11/h1-8H,9-10H2. The number of aromatic nitrogens is 4. The maximum Gasteiger partial charge on any atom is 0.276 e. The molecule has 0 bridgehead atoms. The Kier molecular flexibility index (Phi) is 3.60. The van der Waals surface area contributed by atoms with E-state index in [1.165, 1.54) is 0 Å². The lowest BCUT2D eigenvalue weighted by Gasteiger charge is -1.99. The first-order valence-electron chi connectivity index (χ1n) is 5.89. The minimum absolute atomic E-state index is 0.533. The van der Waals surface area contributed by atoms with Crippen LogP contribution < -0.4 is 0 Å². The lowest BCUT2D eigenvalue weighted by atomic mass is 10.3. The highest BCUT2D eigenvalue weighted by Gasteiger charge is 2.08. The van der Waals surface area contributed by atoms with Gasteiger partial charge in [0, 0.05) is 42.6 Å². The van der Waals surface area contributed by atoms with Crippen molar-refractivity contribution in [2.45, 2.75) is 11.8 Å². The second-order valence-electron chi connectivity index (χ2n) is 3.88. The number of hydrogen-bond donors (Lipinski definition) is 0. The van der Waals surface area contributed by atoms with E-state index in [0.29, 0.717) is 11.1 Å². The monoisotopic (exact) mass is 272 g/mol. The van der Waals surface area contributed by atoms with Gasteiger partial charge in [0.1, 0.15) is 0 Å². The Morgan fingerprint density at radius 2 is 1.89 bits per heavy atom. The van der Waals surface area contributed by atoms with Gasteiger partial charge in [-0.3, -0.25) is 4.98 Å². The fourth-order valence-electron chi connectivity index (χ4n) is 1.64. The third kappa shape index (κ3) is 3.03. The van der Waals surface area contributed by atoms with Crippen LogP contribution in [-0.2, 0) is 6.54 Å². The summed E-state index contributed by atoms with van der Waals surface area (Å²) in [7, 11) is 0. The molecule has 3 aromatic rings. The van der Waals surface area contributed by atoms with Gasteiger partial charge in [-0.25, -0.2) is 0 Å². The number of pyridine rings is 1. The molecule has 0 radical (unpaired) electrons. The summed E-state index contributed by atoms with van der Waals surface area (Å²) < 4.78 is 7.71. The third-order valence-corrected chi connectivity index (χ3v) is 3.37. The zero-order valence-corrected chi connectivity index (χ0v) is 11.0. The second-order valence-corrected chi connectivity index (χ2v) is 4.92. The zero-order valence-electron chi connectivity index (χ0n) is 10.1. The van der Waals surface area contributed by atoms with Gasteiger partial charge in [-0.1, -0.05) is 11.8 Å².